The Morgan fingerprint density at radius 2 is 0.471 bits per heavy atom. The smallest absolute Gasteiger partial charge is 0.00134 e. The molecular formula is C34H16. The summed E-state index contributed by atoms with van der Waals surface area (Å²) in [6.07, 6.45) is 0. The van der Waals surface area contributed by atoms with E-state index in [9.17, 15) is 0 Å². The fraction of sp³-hybridized carbons (Fsp3) is 0. The molecule has 10 rings (SSSR count). The monoisotopic (exact) mass is 424 g/mol. The molecule has 0 nitrogen and oxygen atoms in total. The lowest BCUT2D eigenvalue weighted by Gasteiger charge is -2.22. The van der Waals surface area contributed by atoms with Crippen molar-refractivity contribution in [2.75, 3.05) is 0 Å². The molecule has 0 aliphatic rings. The average molecular weight is 425 g/mol. The molecular weight excluding hydrogens is 408 g/mol. The van der Waals surface area contributed by atoms with Gasteiger partial charge in [0.05, 0.1) is 0 Å². The maximum atomic E-state index is 2.44. The van der Waals surface area contributed by atoms with Gasteiger partial charge < -0.3 is 0 Å². The lowest BCUT2D eigenvalue weighted by molar-refractivity contribution is 1.80. The van der Waals surface area contributed by atoms with Gasteiger partial charge in [-0.25, -0.2) is 0 Å². The zero-order chi connectivity index (χ0) is 21.7. The summed E-state index contributed by atoms with van der Waals surface area (Å²) < 4.78 is 0. The van der Waals surface area contributed by atoms with E-state index in [1.807, 2.05) is 0 Å². The number of rotatable bonds is 0. The highest BCUT2D eigenvalue weighted by Gasteiger charge is 2.21. The molecule has 10 aromatic rings. The molecule has 0 aromatic heterocycles. The van der Waals surface area contributed by atoms with Crippen molar-refractivity contribution in [3.63, 3.8) is 0 Å². The van der Waals surface area contributed by atoms with Crippen molar-refractivity contribution in [3.05, 3.63) is 97.1 Å². The second kappa shape index (κ2) is 5.05. The molecule has 0 amide bonds. The van der Waals surface area contributed by atoms with Crippen LogP contribution in [0.5, 0.6) is 0 Å². The van der Waals surface area contributed by atoms with E-state index in [1.165, 1.54) is 97.0 Å². The molecule has 0 saturated heterocycles. The molecule has 0 heteroatoms. The second-order valence-electron chi connectivity index (χ2n) is 10.1. The van der Waals surface area contributed by atoms with Gasteiger partial charge >= 0.3 is 0 Å². The Labute approximate surface area is 193 Å². The predicted molar refractivity (Wildman–Crippen MR) is 149 cm³/mol. The summed E-state index contributed by atoms with van der Waals surface area (Å²) in [6.45, 7) is 0. The number of hydrogen-bond donors (Lipinski definition) is 0. The second-order valence-corrected chi connectivity index (χ2v) is 10.1. The SMILES string of the molecule is c1cc2ccc3cc4cc5cc6cccc7ccc8cc9cc%10cc(c1)c2c3c%10c4c9c5c8c76. The van der Waals surface area contributed by atoms with Crippen molar-refractivity contribution >= 4 is 97.0 Å². The normalized spacial score (nSPS) is 13.3. The van der Waals surface area contributed by atoms with E-state index in [4.69, 9.17) is 0 Å². The van der Waals surface area contributed by atoms with Crippen molar-refractivity contribution < 1.29 is 0 Å². The topological polar surface area (TPSA) is 0 Å². The van der Waals surface area contributed by atoms with Gasteiger partial charge in [0.2, 0.25) is 0 Å². The summed E-state index contributed by atoms with van der Waals surface area (Å²) in [5.74, 6) is 0. The van der Waals surface area contributed by atoms with Gasteiger partial charge in [-0.05, 0) is 133 Å². The zero-order valence-electron chi connectivity index (χ0n) is 18.2. The van der Waals surface area contributed by atoms with Gasteiger partial charge in [0.15, 0.2) is 0 Å². The number of benzene rings is 10. The van der Waals surface area contributed by atoms with Crippen molar-refractivity contribution in [2.45, 2.75) is 0 Å². The first-order valence-electron chi connectivity index (χ1n) is 12.0. The predicted octanol–water partition coefficient (Wildman–Crippen LogP) is 9.82. The van der Waals surface area contributed by atoms with Crippen LogP contribution in [0.3, 0.4) is 0 Å². The third-order valence-electron chi connectivity index (χ3n) is 8.49. The largest absolute Gasteiger partial charge is 0.0610 e. The Morgan fingerprint density at radius 3 is 0.882 bits per heavy atom. The molecule has 0 fully saturated rings. The Hall–Kier alpha value is -4.42. The van der Waals surface area contributed by atoms with Crippen LogP contribution < -0.4 is 0 Å². The highest BCUT2D eigenvalue weighted by molar-refractivity contribution is 6.45. The van der Waals surface area contributed by atoms with E-state index in [0.29, 0.717) is 0 Å². The van der Waals surface area contributed by atoms with E-state index < -0.39 is 0 Å². The zero-order valence-corrected chi connectivity index (χ0v) is 18.2. The summed E-state index contributed by atoms with van der Waals surface area (Å²) in [7, 11) is 0. The van der Waals surface area contributed by atoms with Gasteiger partial charge in [0.25, 0.3) is 0 Å². The first kappa shape index (κ1) is 16.2. The molecule has 0 bridgehead atoms. The van der Waals surface area contributed by atoms with Crippen molar-refractivity contribution in [3.8, 4) is 0 Å². The third kappa shape index (κ3) is 1.62. The van der Waals surface area contributed by atoms with E-state index >= 15 is 0 Å². The van der Waals surface area contributed by atoms with Gasteiger partial charge in [-0.3, -0.25) is 0 Å². The molecule has 0 heterocycles. The van der Waals surface area contributed by atoms with Gasteiger partial charge in [0.1, 0.15) is 0 Å². The maximum absolute atomic E-state index is 2.44. The van der Waals surface area contributed by atoms with Crippen molar-refractivity contribution in [2.24, 2.45) is 0 Å². The van der Waals surface area contributed by atoms with Crippen LogP contribution in [0.1, 0.15) is 0 Å². The Morgan fingerprint density at radius 1 is 0.206 bits per heavy atom. The van der Waals surface area contributed by atoms with Crippen LogP contribution in [0, 0.1) is 0 Å². The van der Waals surface area contributed by atoms with Crippen molar-refractivity contribution in [1.82, 2.24) is 0 Å². The lowest BCUT2D eigenvalue weighted by atomic mass is 9.81. The first-order chi connectivity index (χ1) is 16.8. The quantitative estimate of drug-likeness (QED) is 0.168. The van der Waals surface area contributed by atoms with Gasteiger partial charge in [-0.1, -0.05) is 60.7 Å². The van der Waals surface area contributed by atoms with Crippen LogP contribution in [-0.4, -0.2) is 0 Å². The standard InChI is InChI=1S/C34H16/c1-3-17-7-9-21-13-26-16-24-12-20-6-2-4-18-8-10-22-14-25-15-23-11-19(5-1)27(17)29(21)31(23)33(26)34(25)32(24)30(22)28(18)20/h1-16H. The molecule has 0 saturated carbocycles. The van der Waals surface area contributed by atoms with Crippen molar-refractivity contribution in [1.29, 1.82) is 0 Å². The molecule has 10 aromatic carbocycles. The number of hydrogen-bond acceptors (Lipinski definition) is 0. The van der Waals surface area contributed by atoms with E-state index in [-0.39, 0.29) is 0 Å². The van der Waals surface area contributed by atoms with E-state index in [1.54, 1.807) is 0 Å². The fourth-order valence-electron chi connectivity index (χ4n) is 7.27. The van der Waals surface area contributed by atoms with Gasteiger partial charge in [-0.15, -0.1) is 0 Å². The summed E-state index contributed by atoms with van der Waals surface area (Å²) in [4.78, 5) is 0. The third-order valence-corrected chi connectivity index (χ3v) is 8.49. The molecule has 0 radical (unpaired) electrons. The summed E-state index contributed by atoms with van der Waals surface area (Å²) in [5.41, 5.74) is 0. The Bertz CT molecular complexity index is 2250. The summed E-state index contributed by atoms with van der Waals surface area (Å²) in [6, 6.07) is 37.2. The van der Waals surface area contributed by atoms with Gasteiger partial charge in [-0.2, -0.15) is 0 Å². The van der Waals surface area contributed by atoms with Gasteiger partial charge in [0, 0.05) is 0 Å². The Balaban J connectivity index is 1.63. The van der Waals surface area contributed by atoms with Crippen LogP contribution in [0.15, 0.2) is 97.1 Å². The minimum Gasteiger partial charge on any atom is -0.0610 e. The first-order valence-corrected chi connectivity index (χ1v) is 12.0. The minimum absolute atomic E-state index is 1.33. The Kier molecular flexibility index (Phi) is 2.41. The van der Waals surface area contributed by atoms with Crippen LogP contribution in [0.4, 0.5) is 0 Å². The fourth-order valence-corrected chi connectivity index (χ4v) is 7.27. The minimum atomic E-state index is 1.33. The highest BCUT2D eigenvalue weighted by Crippen LogP contribution is 2.50. The lowest BCUT2D eigenvalue weighted by Crippen LogP contribution is -1.93. The maximum Gasteiger partial charge on any atom is -0.00134 e. The molecule has 152 valence electrons. The van der Waals surface area contributed by atoms with E-state index in [0.717, 1.165) is 0 Å². The molecule has 0 N–H and O–H groups in total. The molecule has 34 heavy (non-hydrogen) atoms. The van der Waals surface area contributed by atoms with Crippen LogP contribution >= 0.6 is 0 Å². The van der Waals surface area contributed by atoms with Crippen LogP contribution in [0.2, 0.25) is 0 Å². The molecule has 0 spiro atoms. The average Bonchev–Trinajstić information content (AvgIpc) is 2.87. The molecule has 0 aliphatic carbocycles. The van der Waals surface area contributed by atoms with Crippen LogP contribution in [-0.2, 0) is 0 Å². The van der Waals surface area contributed by atoms with Crippen LogP contribution in [0.25, 0.3) is 97.0 Å². The molecule has 0 unspecified atom stereocenters. The summed E-state index contributed by atoms with van der Waals surface area (Å²) >= 11 is 0. The summed E-state index contributed by atoms with van der Waals surface area (Å²) in [5, 5.41) is 24.8. The highest BCUT2D eigenvalue weighted by atomic mass is 14.2. The molecule has 0 aliphatic heterocycles. The molecule has 0 atom stereocenters. The van der Waals surface area contributed by atoms with E-state index in [2.05, 4.69) is 97.1 Å².